The van der Waals surface area contributed by atoms with Gasteiger partial charge in [-0.3, -0.25) is 9.52 Å². The van der Waals surface area contributed by atoms with Crippen molar-refractivity contribution in [1.82, 2.24) is 4.90 Å². The third-order valence-electron chi connectivity index (χ3n) is 5.27. The molecule has 1 N–H and O–H groups in total. The molecule has 0 spiro atoms. The van der Waals surface area contributed by atoms with Gasteiger partial charge in [0.25, 0.3) is 15.9 Å². The molecule has 1 aliphatic heterocycles. The van der Waals surface area contributed by atoms with E-state index in [9.17, 15) is 17.6 Å². The summed E-state index contributed by atoms with van der Waals surface area (Å²) < 4.78 is 41.2. The summed E-state index contributed by atoms with van der Waals surface area (Å²) in [5.41, 5.74) is 1.46. The van der Waals surface area contributed by atoms with E-state index < -0.39 is 10.0 Å². The lowest BCUT2D eigenvalue weighted by Crippen LogP contribution is -2.48. The van der Waals surface area contributed by atoms with Crippen molar-refractivity contribution in [2.75, 3.05) is 35.8 Å². The van der Waals surface area contributed by atoms with Crippen molar-refractivity contribution in [1.29, 1.82) is 0 Å². The van der Waals surface area contributed by atoms with Gasteiger partial charge in [0.05, 0.1) is 15.6 Å². The molecule has 32 heavy (non-hydrogen) atoms. The molecule has 0 aliphatic carbocycles. The maximum Gasteiger partial charge on any atom is 0.261 e. The van der Waals surface area contributed by atoms with Gasteiger partial charge in [-0.25, -0.2) is 12.8 Å². The smallest absolute Gasteiger partial charge is 0.261 e. The summed E-state index contributed by atoms with van der Waals surface area (Å²) in [6, 6.07) is 18.7. The van der Waals surface area contributed by atoms with Crippen LogP contribution in [0.4, 0.5) is 15.8 Å². The Morgan fingerprint density at radius 2 is 1.59 bits per heavy atom. The molecule has 0 bridgehead atoms. The van der Waals surface area contributed by atoms with Crippen LogP contribution in [-0.4, -0.2) is 45.4 Å². The number of amides is 1. The molecule has 3 aromatic carbocycles. The number of hydrogen-bond donors (Lipinski definition) is 1. The number of halogens is 2. The van der Waals surface area contributed by atoms with E-state index in [0.29, 0.717) is 31.7 Å². The number of benzene rings is 3. The first-order valence-electron chi connectivity index (χ1n) is 10.0. The topological polar surface area (TPSA) is 69.7 Å². The van der Waals surface area contributed by atoms with Crippen molar-refractivity contribution in [3.8, 4) is 0 Å². The molecule has 4 rings (SSSR count). The van der Waals surface area contributed by atoms with Crippen LogP contribution in [0.15, 0.2) is 77.7 Å². The highest BCUT2D eigenvalue weighted by Gasteiger charge is 2.24. The van der Waals surface area contributed by atoms with Crippen molar-refractivity contribution >= 4 is 38.9 Å². The Labute approximate surface area is 191 Å². The maximum absolute atomic E-state index is 13.1. The van der Waals surface area contributed by atoms with Gasteiger partial charge in [0.2, 0.25) is 0 Å². The van der Waals surface area contributed by atoms with E-state index in [4.69, 9.17) is 11.6 Å². The molecule has 1 saturated heterocycles. The average Bonchev–Trinajstić information content (AvgIpc) is 2.81. The number of carbonyl (C=O) groups excluding carboxylic acids is 1. The van der Waals surface area contributed by atoms with Crippen molar-refractivity contribution in [3.05, 3.63) is 89.2 Å². The van der Waals surface area contributed by atoms with Gasteiger partial charge in [0.15, 0.2) is 0 Å². The van der Waals surface area contributed by atoms with Gasteiger partial charge in [0.1, 0.15) is 5.82 Å². The number of sulfonamides is 1. The first kappa shape index (κ1) is 22.1. The van der Waals surface area contributed by atoms with E-state index in [-0.39, 0.29) is 27.3 Å². The van der Waals surface area contributed by atoms with Gasteiger partial charge in [-0.1, -0.05) is 29.8 Å². The van der Waals surface area contributed by atoms with Crippen molar-refractivity contribution < 1.29 is 17.6 Å². The lowest BCUT2D eigenvalue weighted by atomic mass is 10.1. The zero-order chi connectivity index (χ0) is 22.7. The van der Waals surface area contributed by atoms with E-state index in [0.717, 1.165) is 5.69 Å². The molecule has 9 heteroatoms. The van der Waals surface area contributed by atoms with Gasteiger partial charge in [-0.2, -0.15) is 0 Å². The SMILES string of the molecule is O=C(c1cccc(S(=O)(=O)Nc2ccccc2Cl)c1)N1CCN(c2ccc(F)cc2)CC1. The molecular weight excluding hydrogens is 453 g/mol. The third-order valence-corrected chi connectivity index (χ3v) is 6.96. The fourth-order valence-electron chi connectivity index (χ4n) is 3.55. The molecule has 3 aromatic rings. The predicted octanol–water partition coefficient (Wildman–Crippen LogP) is 4.24. The number of anilines is 2. The first-order valence-corrected chi connectivity index (χ1v) is 11.9. The molecule has 1 aliphatic rings. The highest BCUT2D eigenvalue weighted by molar-refractivity contribution is 7.92. The molecule has 0 atom stereocenters. The molecule has 1 amide bonds. The molecule has 0 saturated carbocycles. The normalized spacial score (nSPS) is 14.3. The number of para-hydroxylation sites is 1. The van der Waals surface area contributed by atoms with Crippen molar-refractivity contribution in [3.63, 3.8) is 0 Å². The summed E-state index contributed by atoms with van der Waals surface area (Å²) in [6.45, 7) is 2.16. The molecule has 1 fully saturated rings. The van der Waals surface area contributed by atoms with Crippen LogP contribution in [0.5, 0.6) is 0 Å². The average molecular weight is 474 g/mol. The van der Waals surface area contributed by atoms with Gasteiger partial charge in [-0.05, 0) is 54.6 Å². The van der Waals surface area contributed by atoms with Crippen molar-refractivity contribution in [2.24, 2.45) is 0 Å². The molecule has 1 heterocycles. The summed E-state index contributed by atoms with van der Waals surface area (Å²) in [5, 5.41) is 0.280. The number of piperazine rings is 1. The van der Waals surface area contributed by atoms with E-state index in [1.807, 2.05) is 0 Å². The molecule has 0 radical (unpaired) electrons. The summed E-state index contributed by atoms with van der Waals surface area (Å²) >= 11 is 6.05. The molecular formula is C23H21ClFN3O3S. The van der Waals surface area contributed by atoms with Crippen LogP contribution in [0.2, 0.25) is 5.02 Å². The number of hydrogen-bond acceptors (Lipinski definition) is 4. The van der Waals surface area contributed by atoms with E-state index in [1.54, 1.807) is 53.4 Å². The Morgan fingerprint density at radius 1 is 0.906 bits per heavy atom. The van der Waals surface area contributed by atoms with Crippen LogP contribution in [0, 0.1) is 5.82 Å². The second-order valence-corrected chi connectivity index (χ2v) is 9.46. The number of carbonyl (C=O) groups is 1. The van der Waals surface area contributed by atoms with E-state index in [2.05, 4.69) is 9.62 Å². The maximum atomic E-state index is 13.1. The van der Waals surface area contributed by atoms with Crippen LogP contribution in [0.1, 0.15) is 10.4 Å². The Balaban J connectivity index is 1.46. The predicted molar refractivity (Wildman–Crippen MR) is 123 cm³/mol. The van der Waals surface area contributed by atoms with Crippen molar-refractivity contribution in [2.45, 2.75) is 4.90 Å². The Hall–Kier alpha value is -3.10. The van der Waals surface area contributed by atoms with Gasteiger partial charge in [-0.15, -0.1) is 0 Å². The Morgan fingerprint density at radius 3 is 2.28 bits per heavy atom. The summed E-state index contributed by atoms with van der Waals surface area (Å²) in [5.74, 6) is -0.528. The van der Waals surface area contributed by atoms with Gasteiger partial charge >= 0.3 is 0 Å². The molecule has 6 nitrogen and oxygen atoms in total. The summed E-state index contributed by atoms with van der Waals surface area (Å²) in [6.07, 6.45) is 0. The minimum Gasteiger partial charge on any atom is -0.368 e. The number of nitrogens with one attached hydrogen (secondary N) is 1. The quantitative estimate of drug-likeness (QED) is 0.601. The van der Waals surface area contributed by atoms with Crippen LogP contribution < -0.4 is 9.62 Å². The summed E-state index contributed by atoms with van der Waals surface area (Å²) in [7, 11) is -3.91. The zero-order valence-corrected chi connectivity index (χ0v) is 18.6. The standard InChI is InChI=1S/C23H21ClFN3O3S/c24-21-6-1-2-7-22(21)26-32(30,31)20-5-3-4-17(16-20)23(29)28-14-12-27(13-15-28)19-10-8-18(25)9-11-19/h1-11,16,26H,12-15H2. The molecule has 166 valence electrons. The fraction of sp³-hybridized carbons (Fsp3) is 0.174. The van der Waals surface area contributed by atoms with Gasteiger partial charge in [0, 0.05) is 37.4 Å². The zero-order valence-electron chi connectivity index (χ0n) is 17.0. The highest BCUT2D eigenvalue weighted by Crippen LogP contribution is 2.25. The second kappa shape index (κ2) is 9.18. The number of nitrogens with zero attached hydrogens (tertiary/aromatic N) is 2. The minimum absolute atomic E-state index is 0.0202. The summed E-state index contributed by atoms with van der Waals surface area (Å²) in [4.78, 5) is 16.7. The van der Waals surface area contributed by atoms with Gasteiger partial charge < -0.3 is 9.80 Å². The monoisotopic (exact) mass is 473 g/mol. The lowest BCUT2D eigenvalue weighted by Gasteiger charge is -2.36. The molecule has 0 unspecified atom stereocenters. The van der Waals surface area contributed by atoms with Crippen LogP contribution in [0.3, 0.4) is 0 Å². The minimum atomic E-state index is -3.91. The van der Waals surface area contributed by atoms with E-state index in [1.165, 1.54) is 24.3 Å². The fourth-order valence-corrected chi connectivity index (χ4v) is 4.91. The lowest BCUT2D eigenvalue weighted by molar-refractivity contribution is 0.0746. The van der Waals surface area contributed by atoms with E-state index >= 15 is 0 Å². The van der Waals surface area contributed by atoms with Crippen LogP contribution >= 0.6 is 11.6 Å². The largest absolute Gasteiger partial charge is 0.368 e. The third kappa shape index (κ3) is 4.87. The number of rotatable bonds is 5. The molecule has 0 aromatic heterocycles. The Kier molecular flexibility index (Phi) is 6.34. The first-order chi connectivity index (χ1) is 15.3. The Bertz CT molecular complexity index is 1230. The highest BCUT2D eigenvalue weighted by atomic mass is 35.5. The second-order valence-electron chi connectivity index (χ2n) is 7.37. The van der Waals surface area contributed by atoms with Crippen LogP contribution in [0.25, 0.3) is 0 Å². The van der Waals surface area contributed by atoms with Crippen LogP contribution in [-0.2, 0) is 10.0 Å².